The van der Waals surface area contributed by atoms with Crippen molar-refractivity contribution >= 4 is 28.3 Å². The Morgan fingerprint density at radius 3 is 2.14 bits per heavy atom. The predicted molar refractivity (Wildman–Crippen MR) is 114 cm³/mol. The van der Waals surface area contributed by atoms with Crippen LogP contribution >= 0.6 is 12.4 Å². The molecule has 0 radical (unpaired) electrons. The Balaban J connectivity index is 0.00000280. The monoisotopic (exact) mass is 429 g/mol. The van der Waals surface area contributed by atoms with Gasteiger partial charge in [0.1, 0.15) is 0 Å². The van der Waals surface area contributed by atoms with Gasteiger partial charge in [-0.05, 0) is 82.4 Å². The van der Waals surface area contributed by atoms with Gasteiger partial charge in [-0.3, -0.25) is 4.79 Å². The van der Waals surface area contributed by atoms with Crippen molar-refractivity contribution in [2.45, 2.75) is 49.8 Å². The van der Waals surface area contributed by atoms with Gasteiger partial charge in [0.15, 0.2) is 0 Å². The minimum Gasteiger partial charge on any atom is -0.352 e. The molecule has 0 atom stereocenters. The number of carbonyl (C=O) groups is 1. The van der Waals surface area contributed by atoms with Crippen LogP contribution in [0.5, 0.6) is 0 Å². The normalized spacial score (nSPS) is 18.6. The van der Waals surface area contributed by atoms with Crippen LogP contribution < -0.4 is 5.32 Å². The zero-order valence-corrected chi connectivity index (χ0v) is 18.1. The lowest BCUT2D eigenvalue weighted by Gasteiger charge is -2.25. The first-order valence-electron chi connectivity index (χ1n) is 10.2. The highest BCUT2D eigenvalue weighted by atomic mass is 35.5. The van der Waals surface area contributed by atoms with E-state index < -0.39 is 10.0 Å². The Labute approximate surface area is 175 Å². The van der Waals surface area contributed by atoms with Crippen LogP contribution in [0.2, 0.25) is 0 Å². The van der Waals surface area contributed by atoms with E-state index in [1.807, 2.05) is 0 Å². The Morgan fingerprint density at radius 1 is 0.893 bits per heavy atom. The van der Waals surface area contributed by atoms with Gasteiger partial charge in [0.2, 0.25) is 10.0 Å². The standard InChI is InChI=1S/C20H31N3O3S.ClH/c24-20(21-12-2-5-13-22-14-6-7-15-22)18-8-10-19(11-9-18)27(25,26)23-16-3-1-4-17-23;/h8-11H,1-7,12-17H2,(H,21,24);1H. The van der Waals surface area contributed by atoms with Gasteiger partial charge in [0, 0.05) is 25.2 Å². The van der Waals surface area contributed by atoms with Gasteiger partial charge >= 0.3 is 0 Å². The molecule has 1 aromatic rings. The molecule has 3 rings (SSSR count). The Kier molecular flexibility index (Phi) is 9.21. The number of amides is 1. The summed E-state index contributed by atoms with van der Waals surface area (Å²) in [5.74, 6) is -0.141. The number of carbonyl (C=O) groups excluding carboxylic acids is 1. The van der Waals surface area contributed by atoms with Crippen molar-refractivity contribution in [3.63, 3.8) is 0 Å². The first-order valence-corrected chi connectivity index (χ1v) is 11.6. The molecule has 1 N–H and O–H groups in total. The van der Waals surface area contributed by atoms with Crippen LogP contribution in [0.3, 0.4) is 0 Å². The number of sulfonamides is 1. The lowest BCUT2D eigenvalue weighted by Crippen LogP contribution is -2.35. The van der Waals surface area contributed by atoms with Gasteiger partial charge in [-0.25, -0.2) is 8.42 Å². The predicted octanol–water partition coefficient (Wildman–Crippen LogP) is 2.89. The maximum Gasteiger partial charge on any atom is 0.251 e. The molecule has 2 saturated heterocycles. The summed E-state index contributed by atoms with van der Waals surface area (Å²) >= 11 is 0. The second kappa shape index (κ2) is 11.1. The fraction of sp³-hybridized carbons (Fsp3) is 0.650. The summed E-state index contributed by atoms with van der Waals surface area (Å²) in [6.07, 6.45) is 7.58. The van der Waals surface area contributed by atoms with Crippen LogP contribution in [0.4, 0.5) is 0 Å². The van der Waals surface area contributed by atoms with Gasteiger partial charge < -0.3 is 10.2 Å². The van der Waals surface area contributed by atoms with Gasteiger partial charge in [-0.15, -0.1) is 12.4 Å². The van der Waals surface area contributed by atoms with Crippen molar-refractivity contribution in [2.24, 2.45) is 0 Å². The van der Waals surface area contributed by atoms with Crippen LogP contribution in [-0.4, -0.2) is 62.8 Å². The minimum absolute atomic E-state index is 0. The zero-order chi connectivity index (χ0) is 19.1. The summed E-state index contributed by atoms with van der Waals surface area (Å²) in [5.41, 5.74) is 0.507. The van der Waals surface area contributed by atoms with E-state index >= 15 is 0 Å². The van der Waals surface area contributed by atoms with Crippen LogP contribution in [0.1, 0.15) is 55.3 Å². The molecule has 2 heterocycles. The maximum absolute atomic E-state index is 12.6. The molecule has 0 aromatic heterocycles. The number of piperidine rings is 1. The fourth-order valence-corrected chi connectivity index (χ4v) is 5.32. The summed E-state index contributed by atoms with van der Waals surface area (Å²) in [5, 5.41) is 2.93. The molecule has 2 aliphatic rings. The van der Waals surface area contributed by atoms with E-state index in [4.69, 9.17) is 0 Å². The summed E-state index contributed by atoms with van der Waals surface area (Å²) in [4.78, 5) is 15.0. The molecular weight excluding hydrogens is 398 g/mol. The summed E-state index contributed by atoms with van der Waals surface area (Å²) < 4.78 is 26.8. The molecule has 0 saturated carbocycles. The maximum atomic E-state index is 12.6. The topological polar surface area (TPSA) is 69.7 Å². The summed E-state index contributed by atoms with van der Waals surface area (Å²) in [6.45, 7) is 5.35. The molecule has 0 aliphatic carbocycles. The number of rotatable bonds is 8. The van der Waals surface area contributed by atoms with Crippen molar-refractivity contribution < 1.29 is 13.2 Å². The van der Waals surface area contributed by atoms with Gasteiger partial charge in [0.05, 0.1) is 4.90 Å². The van der Waals surface area contributed by atoms with Crippen molar-refractivity contribution in [1.29, 1.82) is 0 Å². The molecule has 2 aliphatic heterocycles. The Hall–Kier alpha value is -1.15. The fourth-order valence-electron chi connectivity index (χ4n) is 3.80. The van der Waals surface area contributed by atoms with E-state index in [-0.39, 0.29) is 23.2 Å². The third kappa shape index (κ3) is 6.17. The number of hydrogen-bond acceptors (Lipinski definition) is 4. The minimum atomic E-state index is -3.44. The van der Waals surface area contributed by atoms with Crippen molar-refractivity contribution in [1.82, 2.24) is 14.5 Å². The van der Waals surface area contributed by atoms with E-state index in [0.717, 1.165) is 38.6 Å². The highest BCUT2D eigenvalue weighted by Gasteiger charge is 2.25. The second-order valence-corrected chi connectivity index (χ2v) is 9.44. The summed E-state index contributed by atoms with van der Waals surface area (Å²) in [6, 6.07) is 6.31. The Morgan fingerprint density at radius 2 is 1.50 bits per heavy atom. The number of nitrogens with zero attached hydrogens (tertiary/aromatic N) is 2. The van der Waals surface area contributed by atoms with Crippen LogP contribution in [0.15, 0.2) is 29.2 Å². The van der Waals surface area contributed by atoms with E-state index in [0.29, 0.717) is 25.2 Å². The van der Waals surface area contributed by atoms with Crippen LogP contribution in [0.25, 0.3) is 0 Å². The van der Waals surface area contributed by atoms with Crippen LogP contribution in [-0.2, 0) is 10.0 Å². The highest BCUT2D eigenvalue weighted by Crippen LogP contribution is 2.20. The molecule has 6 nitrogen and oxygen atoms in total. The van der Waals surface area contributed by atoms with Gasteiger partial charge in [-0.2, -0.15) is 4.31 Å². The molecule has 1 aromatic carbocycles. The molecule has 0 spiro atoms. The zero-order valence-electron chi connectivity index (χ0n) is 16.4. The van der Waals surface area contributed by atoms with Crippen LogP contribution in [0, 0.1) is 0 Å². The van der Waals surface area contributed by atoms with Gasteiger partial charge in [0.25, 0.3) is 5.91 Å². The molecule has 8 heteroatoms. The van der Waals surface area contributed by atoms with Gasteiger partial charge in [-0.1, -0.05) is 6.42 Å². The van der Waals surface area contributed by atoms with E-state index in [1.54, 1.807) is 28.6 Å². The van der Waals surface area contributed by atoms with E-state index in [1.165, 1.54) is 25.9 Å². The average Bonchev–Trinajstić information content (AvgIpc) is 3.22. The molecular formula is C20H32ClN3O3S. The van der Waals surface area contributed by atoms with Crippen molar-refractivity contribution in [2.75, 3.05) is 39.3 Å². The number of unbranched alkanes of at least 4 members (excludes halogenated alkanes) is 1. The third-order valence-electron chi connectivity index (χ3n) is 5.45. The number of halogens is 1. The van der Waals surface area contributed by atoms with E-state index in [2.05, 4.69) is 10.2 Å². The number of nitrogens with one attached hydrogen (secondary N) is 1. The molecule has 2 fully saturated rings. The third-order valence-corrected chi connectivity index (χ3v) is 7.37. The Bertz CT molecular complexity index is 713. The van der Waals surface area contributed by atoms with E-state index in [9.17, 15) is 13.2 Å². The SMILES string of the molecule is Cl.O=C(NCCCCN1CCCC1)c1ccc(S(=O)(=O)N2CCCCC2)cc1. The first-order chi connectivity index (χ1) is 13.1. The first kappa shape index (κ1) is 23.1. The lowest BCUT2D eigenvalue weighted by atomic mass is 10.2. The quantitative estimate of drug-likeness (QED) is 0.645. The highest BCUT2D eigenvalue weighted by molar-refractivity contribution is 7.89. The van der Waals surface area contributed by atoms with Crippen molar-refractivity contribution in [3.05, 3.63) is 29.8 Å². The average molecular weight is 430 g/mol. The second-order valence-electron chi connectivity index (χ2n) is 7.50. The molecule has 158 valence electrons. The molecule has 28 heavy (non-hydrogen) atoms. The number of likely N-dealkylation sites (tertiary alicyclic amines) is 1. The lowest BCUT2D eigenvalue weighted by molar-refractivity contribution is 0.0952. The smallest absolute Gasteiger partial charge is 0.251 e. The summed E-state index contributed by atoms with van der Waals surface area (Å²) in [7, 11) is -3.44. The molecule has 0 unspecified atom stereocenters. The molecule has 0 bridgehead atoms. The van der Waals surface area contributed by atoms with Crippen molar-refractivity contribution in [3.8, 4) is 0 Å². The molecule has 1 amide bonds. The number of hydrogen-bond donors (Lipinski definition) is 1. The number of benzene rings is 1. The largest absolute Gasteiger partial charge is 0.352 e.